The molecule has 0 unspecified atom stereocenters. The number of benzene rings is 1. The summed E-state index contributed by atoms with van der Waals surface area (Å²) in [7, 11) is 0. The molecule has 0 aromatic heterocycles. The zero-order valence-corrected chi connectivity index (χ0v) is 9.79. The molecule has 1 aliphatic heterocycles. The first kappa shape index (κ1) is 13.2. The summed E-state index contributed by atoms with van der Waals surface area (Å²) in [5, 5.41) is 3.41. The Bertz CT molecular complexity index is 294. The summed E-state index contributed by atoms with van der Waals surface area (Å²) >= 11 is 0. The van der Waals surface area contributed by atoms with Crippen molar-refractivity contribution in [1.29, 1.82) is 0 Å². The first-order valence-electron chi connectivity index (χ1n) is 6.08. The summed E-state index contributed by atoms with van der Waals surface area (Å²) in [5.74, 6) is 1.43. The van der Waals surface area contributed by atoms with Crippen molar-refractivity contribution in [2.75, 3.05) is 13.1 Å². The number of hydrogen-bond acceptors (Lipinski definition) is 1. The number of nitrogens with one attached hydrogen (secondary N) is 1. The molecule has 1 aromatic carbocycles. The smallest absolute Gasteiger partial charge is 0.00431 e. The SMILES string of the molecule is C.CC(C)c1ccc(C2CCNCC2)cc1. The van der Waals surface area contributed by atoms with E-state index in [0.29, 0.717) is 5.92 Å². The molecule has 0 saturated carbocycles. The minimum absolute atomic E-state index is 0. The van der Waals surface area contributed by atoms with E-state index in [2.05, 4.69) is 43.4 Å². The molecule has 0 atom stereocenters. The van der Waals surface area contributed by atoms with Crippen LogP contribution in [0.5, 0.6) is 0 Å². The van der Waals surface area contributed by atoms with Crippen LogP contribution in [0.25, 0.3) is 0 Å². The van der Waals surface area contributed by atoms with Crippen LogP contribution < -0.4 is 5.32 Å². The molecular weight excluding hydrogens is 194 g/mol. The van der Waals surface area contributed by atoms with Gasteiger partial charge in [0.1, 0.15) is 0 Å². The Labute approximate surface area is 100 Å². The van der Waals surface area contributed by atoms with Gasteiger partial charge in [-0.3, -0.25) is 0 Å². The number of hydrogen-bond donors (Lipinski definition) is 1. The molecule has 0 amide bonds. The fourth-order valence-corrected chi connectivity index (χ4v) is 2.31. The van der Waals surface area contributed by atoms with E-state index in [0.717, 1.165) is 5.92 Å². The predicted octanol–water partition coefficient (Wildman–Crippen LogP) is 3.91. The summed E-state index contributed by atoms with van der Waals surface area (Å²) in [6, 6.07) is 9.24. The van der Waals surface area contributed by atoms with Crippen molar-refractivity contribution in [1.82, 2.24) is 5.32 Å². The van der Waals surface area contributed by atoms with Crippen molar-refractivity contribution in [2.24, 2.45) is 0 Å². The topological polar surface area (TPSA) is 12.0 Å². The molecule has 1 N–H and O–H groups in total. The fraction of sp³-hybridized carbons (Fsp3) is 0.600. The molecule has 1 fully saturated rings. The molecule has 90 valence electrons. The third kappa shape index (κ3) is 3.08. The second-order valence-corrected chi connectivity index (χ2v) is 4.85. The van der Waals surface area contributed by atoms with Gasteiger partial charge in [-0.1, -0.05) is 45.5 Å². The van der Waals surface area contributed by atoms with Crippen LogP contribution in [0.1, 0.15) is 57.1 Å². The van der Waals surface area contributed by atoms with Crippen LogP contribution in [0.4, 0.5) is 0 Å². The lowest BCUT2D eigenvalue weighted by Gasteiger charge is -2.23. The van der Waals surface area contributed by atoms with Crippen molar-refractivity contribution in [2.45, 2.75) is 46.0 Å². The average molecular weight is 219 g/mol. The lowest BCUT2D eigenvalue weighted by molar-refractivity contribution is 0.460. The Morgan fingerprint density at radius 1 is 1.06 bits per heavy atom. The lowest BCUT2D eigenvalue weighted by Crippen LogP contribution is -2.26. The molecule has 0 aliphatic carbocycles. The van der Waals surface area contributed by atoms with Gasteiger partial charge in [0.05, 0.1) is 0 Å². The Kier molecular flexibility index (Phi) is 5.01. The van der Waals surface area contributed by atoms with Gasteiger partial charge in [-0.15, -0.1) is 0 Å². The summed E-state index contributed by atoms with van der Waals surface area (Å²) in [5.41, 5.74) is 2.98. The van der Waals surface area contributed by atoms with Crippen molar-refractivity contribution in [3.8, 4) is 0 Å². The van der Waals surface area contributed by atoms with Crippen LogP contribution in [-0.4, -0.2) is 13.1 Å². The van der Waals surface area contributed by atoms with Crippen LogP contribution in [0.2, 0.25) is 0 Å². The van der Waals surface area contributed by atoms with Gasteiger partial charge < -0.3 is 5.32 Å². The second kappa shape index (κ2) is 6.05. The van der Waals surface area contributed by atoms with E-state index < -0.39 is 0 Å². The van der Waals surface area contributed by atoms with Gasteiger partial charge in [0.2, 0.25) is 0 Å². The van der Waals surface area contributed by atoms with Crippen molar-refractivity contribution in [3.63, 3.8) is 0 Å². The highest BCUT2D eigenvalue weighted by Gasteiger charge is 2.14. The number of piperidine rings is 1. The molecule has 16 heavy (non-hydrogen) atoms. The Morgan fingerprint density at radius 2 is 1.62 bits per heavy atom. The molecule has 0 radical (unpaired) electrons. The molecule has 0 spiro atoms. The van der Waals surface area contributed by atoms with Gasteiger partial charge >= 0.3 is 0 Å². The van der Waals surface area contributed by atoms with E-state index in [1.54, 1.807) is 0 Å². The van der Waals surface area contributed by atoms with Gasteiger partial charge in [-0.25, -0.2) is 0 Å². The second-order valence-electron chi connectivity index (χ2n) is 4.85. The lowest BCUT2D eigenvalue weighted by atomic mass is 9.89. The normalized spacial score (nSPS) is 17.2. The van der Waals surface area contributed by atoms with E-state index >= 15 is 0 Å². The maximum Gasteiger partial charge on any atom is -0.00431 e. The highest BCUT2D eigenvalue weighted by atomic mass is 14.9. The first-order valence-corrected chi connectivity index (χ1v) is 6.08. The number of rotatable bonds is 2. The molecule has 1 aromatic rings. The largest absolute Gasteiger partial charge is 0.317 e. The average Bonchev–Trinajstić information content (AvgIpc) is 2.30. The van der Waals surface area contributed by atoms with Gasteiger partial charge in [0.25, 0.3) is 0 Å². The Morgan fingerprint density at radius 3 is 2.12 bits per heavy atom. The zero-order valence-electron chi connectivity index (χ0n) is 9.79. The van der Waals surface area contributed by atoms with Gasteiger partial charge in [-0.05, 0) is 48.9 Å². The monoisotopic (exact) mass is 219 g/mol. The maximum atomic E-state index is 3.41. The van der Waals surface area contributed by atoms with Crippen molar-refractivity contribution >= 4 is 0 Å². The van der Waals surface area contributed by atoms with Crippen LogP contribution >= 0.6 is 0 Å². The molecule has 1 aliphatic rings. The molecule has 1 saturated heterocycles. The van der Waals surface area contributed by atoms with Gasteiger partial charge in [0.15, 0.2) is 0 Å². The van der Waals surface area contributed by atoms with Crippen LogP contribution in [0, 0.1) is 0 Å². The third-order valence-electron chi connectivity index (χ3n) is 3.41. The highest BCUT2D eigenvalue weighted by Crippen LogP contribution is 2.26. The van der Waals surface area contributed by atoms with Gasteiger partial charge in [0, 0.05) is 0 Å². The van der Waals surface area contributed by atoms with Crippen LogP contribution in [0.3, 0.4) is 0 Å². The van der Waals surface area contributed by atoms with Crippen molar-refractivity contribution < 1.29 is 0 Å². The minimum Gasteiger partial charge on any atom is -0.317 e. The molecule has 1 heterocycles. The first-order chi connectivity index (χ1) is 7.27. The third-order valence-corrected chi connectivity index (χ3v) is 3.41. The van der Waals surface area contributed by atoms with Crippen LogP contribution in [-0.2, 0) is 0 Å². The van der Waals surface area contributed by atoms with E-state index in [-0.39, 0.29) is 7.43 Å². The van der Waals surface area contributed by atoms with Crippen molar-refractivity contribution in [3.05, 3.63) is 35.4 Å². The Hall–Kier alpha value is -0.820. The van der Waals surface area contributed by atoms with E-state index in [1.807, 2.05) is 0 Å². The van der Waals surface area contributed by atoms with Crippen LogP contribution in [0.15, 0.2) is 24.3 Å². The summed E-state index contributed by atoms with van der Waals surface area (Å²) in [6.45, 7) is 6.85. The zero-order chi connectivity index (χ0) is 10.7. The molecule has 1 nitrogen and oxygen atoms in total. The summed E-state index contributed by atoms with van der Waals surface area (Å²) < 4.78 is 0. The quantitative estimate of drug-likeness (QED) is 0.795. The molecule has 2 rings (SSSR count). The van der Waals surface area contributed by atoms with E-state index in [9.17, 15) is 0 Å². The maximum absolute atomic E-state index is 3.41. The standard InChI is InChI=1S/C14H21N.CH4/c1-11(2)12-3-5-13(6-4-12)14-7-9-15-10-8-14;/h3-6,11,14-15H,7-10H2,1-2H3;1H4. The van der Waals surface area contributed by atoms with E-state index in [4.69, 9.17) is 0 Å². The summed E-state index contributed by atoms with van der Waals surface area (Å²) in [4.78, 5) is 0. The summed E-state index contributed by atoms with van der Waals surface area (Å²) in [6.07, 6.45) is 2.59. The molecule has 1 heteroatoms. The predicted molar refractivity (Wildman–Crippen MR) is 72.1 cm³/mol. The highest BCUT2D eigenvalue weighted by molar-refractivity contribution is 5.27. The van der Waals surface area contributed by atoms with Gasteiger partial charge in [-0.2, -0.15) is 0 Å². The molecule has 0 bridgehead atoms. The van der Waals surface area contributed by atoms with E-state index in [1.165, 1.54) is 37.1 Å². The minimum atomic E-state index is 0. The Balaban J connectivity index is 0.00000128. The fourth-order valence-electron chi connectivity index (χ4n) is 2.31. The molecular formula is C15H25N.